The first-order chi connectivity index (χ1) is 14.4. The minimum absolute atomic E-state index is 0.00915. The van der Waals surface area contributed by atoms with Gasteiger partial charge < -0.3 is 9.64 Å². The first-order valence-electron chi connectivity index (χ1n) is 10.0. The molecule has 4 rings (SSSR count). The molecular formula is C23H23Cl2NO3S. The summed E-state index contributed by atoms with van der Waals surface area (Å²) in [4.78, 5) is 26.8. The minimum atomic E-state index is -0.355. The van der Waals surface area contributed by atoms with Crippen LogP contribution in [0.4, 0.5) is 0 Å². The summed E-state index contributed by atoms with van der Waals surface area (Å²) in [6, 6.07) is 14.8. The summed E-state index contributed by atoms with van der Waals surface area (Å²) in [6.07, 6.45) is 1.79. The molecule has 0 N–H and O–H groups in total. The van der Waals surface area contributed by atoms with Crippen LogP contribution in [0, 0.1) is 5.92 Å². The summed E-state index contributed by atoms with van der Waals surface area (Å²) in [5.41, 5.74) is 1.88. The molecule has 1 saturated carbocycles. The van der Waals surface area contributed by atoms with Gasteiger partial charge in [-0.25, -0.2) is 0 Å². The van der Waals surface area contributed by atoms with E-state index in [4.69, 9.17) is 27.9 Å². The molecule has 0 aromatic heterocycles. The standard InChI is InChI=1S/C23H23Cl2NO3S/c1-14(27)30-13-20(15-5-6-15)26-21(28)12-29-23(17-3-2-4-19(25)11-17)22(26)16-7-9-18(24)10-8-16/h2-4,7-11,15,20,22-23H,5-6,12-13H2,1H3/t20?,22-,23-/m1/s1. The van der Waals surface area contributed by atoms with E-state index in [1.54, 1.807) is 6.92 Å². The number of carbonyl (C=O) groups is 2. The van der Waals surface area contributed by atoms with Gasteiger partial charge in [-0.3, -0.25) is 9.59 Å². The van der Waals surface area contributed by atoms with Crippen molar-refractivity contribution in [1.29, 1.82) is 0 Å². The van der Waals surface area contributed by atoms with Crippen LogP contribution in [-0.4, -0.2) is 34.3 Å². The average Bonchev–Trinajstić information content (AvgIpc) is 3.55. The van der Waals surface area contributed by atoms with Gasteiger partial charge in [0.25, 0.3) is 0 Å². The Morgan fingerprint density at radius 3 is 2.50 bits per heavy atom. The van der Waals surface area contributed by atoms with E-state index < -0.39 is 0 Å². The van der Waals surface area contributed by atoms with Crippen LogP contribution in [0.25, 0.3) is 0 Å². The Morgan fingerprint density at radius 2 is 1.87 bits per heavy atom. The highest BCUT2D eigenvalue weighted by Gasteiger charge is 2.46. The highest BCUT2D eigenvalue weighted by Crippen LogP contribution is 2.46. The van der Waals surface area contributed by atoms with Crippen molar-refractivity contribution in [3.05, 3.63) is 69.7 Å². The number of rotatable bonds is 6. The van der Waals surface area contributed by atoms with Crippen LogP contribution in [-0.2, 0) is 14.3 Å². The van der Waals surface area contributed by atoms with E-state index in [1.165, 1.54) is 11.8 Å². The number of morpholine rings is 1. The molecule has 2 aromatic carbocycles. The molecule has 7 heteroatoms. The van der Waals surface area contributed by atoms with E-state index in [-0.39, 0.29) is 35.8 Å². The molecule has 0 bridgehead atoms. The molecule has 2 aromatic rings. The third-order valence-electron chi connectivity index (χ3n) is 5.63. The van der Waals surface area contributed by atoms with Crippen LogP contribution in [0.15, 0.2) is 48.5 Å². The van der Waals surface area contributed by atoms with Crippen molar-refractivity contribution in [2.45, 2.75) is 38.0 Å². The van der Waals surface area contributed by atoms with E-state index in [1.807, 2.05) is 53.4 Å². The van der Waals surface area contributed by atoms with Gasteiger partial charge in [0.2, 0.25) is 5.91 Å². The van der Waals surface area contributed by atoms with E-state index in [2.05, 4.69) is 0 Å². The van der Waals surface area contributed by atoms with Crippen molar-refractivity contribution >= 4 is 46.0 Å². The molecule has 0 spiro atoms. The van der Waals surface area contributed by atoms with Gasteiger partial charge in [0, 0.05) is 28.8 Å². The number of hydrogen-bond acceptors (Lipinski definition) is 4. The number of thioether (sulfide) groups is 1. The van der Waals surface area contributed by atoms with Gasteiger partial charge in [-0.15, -0.1) is 0 Å². The molecule has 158 valence electrons. The number of ether oxygens (including phenoxy) is 1. The number of nitrogens with zero attached hydrogens (tertiary/aromatic N) is 1. The van der Waals surface area contributed by atoms with Crippen LogP contribution in [0.3, 0.4) is 0 Å². The van der Waals surface area contributed by atoms with Gasteiger partial charge in [-0.05, 0) is 54.2 Å². The lowest BCUT2D eigenvalue weighted by atomic mass is 9.91. The molecular weight excluding hydrogens is 441 g/mol. The average molecular weight is 464 g/mol. The quantitative estimate of drug-likeness (QED) is 0.551. The molecule has 2 aliphatic rings. The second-order valence-corrected chi connectivity index (χ2v) is 9.86. The first-order valence-corrected chi connectivity index (χ1v) is 11.7. The molecule has 4 nitrogen and oxygen atoms in total. The van der Waals surface area contributed by atoms with Crippen molar-refractivity contribution in [2.75, 3.05) is 12.4 Å². The van der Waals surface area contributed by atoms with Crippen LogP contribution in [0.5, 0.6) is 0 Å². The molecule has 30 heavy (non-hydrogen) atoms. The topological polar surface area (TPSA) is 46.6 Å². The third-order valence-corrected chi connectivity index (χ3v) is 7.03. The van der Waals surface area contributed by atoms with Gasteiger partial charge in [-0.1, -0.05) is 59.2 Å². The largest absolute Gasteiger partial charge is 0.361 e. The van der Waals surface area contributed by atoms with Crippen LogP contribution >= 0.6 is 35.0 Å². The zero-order valence-electron chi connectivity index (χ0n) is 16.6. The molecule has 1 amide bonds. The first kappa shape index (κ1) is 21.7. The SMILES string of the molecule is CC(=O)SCC(C1CC1)N1C(=O)CO[C@H](c2cccc(Cl)c2)[C@H]1c1ccc(Cl)cc1. The summed E-state index contributed by atoms with van der Waals surface area (Å²) in [5.74, 6) is 0.959. The van der Waals surface area contributed by atoms with E-state index in [0.717, 1.165) is 24.0 Å². The summed E-state index contributed by atoms with van der Waals surface area (Å²) in [6.45, 7) is 1.58. The fourth-order valence-corrected chi connectivity index (χ4v) is 5.27. The van der Waals surface area contributed by atoms with E-state index in [0.29, 0.717) is 21.7 Å². The second-order valence-electron chi connectivity index (χ2n) is 7.79. The highest BCUT2D eigenvalue weighted by molar-refractivity contribution is 8.13. The molecule has 0 radical (unpaired) electrons. The van der Waals surface area contributed by atoms with Crippen molar-refractivity contribution in [3.8, 4) is 0 Å². The predicted octanol–water partition coefficient (Wildman–Crippen LogP) is 5.69. The van der Waals surface area contributed by atoms with Crippen LogP contribution < -0.4 is 0 Å². The Morgan fingerprint density at radius 1 is 1.13 bits per heavy atom. The zero-order valence-corrected chi connectivity index (χ0v) is 18.9. The summed E-state index contributed by atoms with van der Waals surface area (Å²) in [7, 11) is 0. The third kappa shape index (κ3) is 4.86. The van der Waals surface area contributed by atoms with Crippen LogP contribution in [0.2, 0.25) is 10.0 Å². The molecule has 1 aliphatic heterocycles. The summed E-state index contributed by atoms with van der Waals surface area (Å²) >= 11 is 13.7. The van der Waals surface area contributed by atoms with Gasteiger partial charge in [0.1, 0.15) is 12.7 Å². The Balaban J connectivity index is 1.77. The molecule has 1 unspecified atom stereocenters. The van der Waals surface area contributed by atoms with Gasteiger partial charge in [-0.2, -0.15) is 0 Å². The van der Waals surface area contributed by atoms with Crippen molar-refractivity contribution < 1.29 is 14.3 Å². The number of hydrogen-bond donors (Lipinski definition) is 0. The normalized spacial score (nSPS) is 22.8. The monoisotopic (exact) mass is 463 g/mol. The van der Waals surface area contributed by atoms with E-state index in [9.17, 15) is 9.59 Å². The van der Waals surface area contributed by atoms with Crippen LogP contribution in [0.1, 0.15) is 43.0 Å². The predicted molar refractivity (Wildman–Crippen MR) is 121 cm³/mol. The molecule has 2 fully saturated rings. The van der Waals surface area contributed by atoms with Gasteiger partial charge in [0.15, 0.2) is 5.12 Å². The number of carbonyl (C=O) groups excluding carboxylic acids is 2. The van der Waals surface area contributed by atoms with E-state index >= 15 is 0 Å². The van der Waals surface area contributed by atoms with Gasteiger partial charge >= 0.3 is 0 Å². The lowest BCUT2D eigenvalue weighted by Gasteiger charge is -2.45. The maximum absolute atomic E-state index is 13.2. The van der Waals surface area contributed by atoms with Crippen molar-refractivity contribution in [2.24, 2.45) is 5.92 Å². The minimum Gasteiger partial charge on any atom is -0.361 e. The second kappa shape index (κ2) is 9.31. The Hall–Kier alpha value is -1.53. The molecule has 1 saturated heterocycles. The lowest BCUT2D eigenvalue weighted by Crippen LogP contribution is -2.52. The number of benzene rings is 2. The summed E-state index contributed by atoms with van der Waals surface area (Å²) < 4.78 is 6.08. The molecule has 1 aliphatic carbocycles. The Kier molecular flexibility index (Phi) is 6.73. The number of halogens is 2. The van der Waals surface area contributed by atoms with Gasteiger partial charge in [0.05, 0.1) is 6.04 Å². The number of amides is 1. The maximum Gasteiger partial charge on any atom is 0.249 e. The molecule has 3 atom stereocenters. The fourth-order valence-electron chi connectivity index (χ4n) is 4.10. The van der Waals surface area contributed by atoms with Crippen molar-refractivity contribution in [3.63, 3.8) is 0 Å². The Labute approximate surface area is 190 Å². The smallest absolute Gasteiger partial charge is 0.249 e. The molecule has 1 heterocycles. The zero-order chi connectivity index (χ0) is 21.3. The maximum atomic E-state index is 13.2. The van der Waals surface area contributed by atoms with Crippen molar-refractivity contribution in [1.82, 2.24) is 4.90 Å². The lowest BCUT2D eigenvalue weighted by molar-refractivity contribution is -0.163. The summed E-state index contributed by atoms with van der Waals surface area (Å²) in [5, 5.41) is 1.33. The highest BCUT2D eigenvalue weighted by atomic mass is 35.5. The Bertz CT molecular complexity index is 932. The fraction of sp³-hybridized carbons (Fsp3) is 0.391.